The number of carbonyl (C=O) groups is 1. The Hall–Kier alpha value is -3.53. The van der Waals surface area contributed by atoms with E-state index in [4.69, 9.17) is 9.47 Å². The second-order valence-electron chi connectivity index (χ2n) is 5.88. The summed E-state index contributed by atoms with van der Waals surface area (Å²) in [5, 5.41) is 2.97. The van der Waals surface area contributed by atoms with Crippen molar-refractivity contribution in [2.45, 2.75) is 0 Å². The van der Waals surface area contributed by atoms with Crippen LogP contribution in [0.2, 0.25) is 0 Å². The zero-order chi connectivity index (χ0) is 19.1. The fourth-order valence-corrected chi connectivity index (χ4v) is 2.59. The lowest BCUT2D eigenvalue weighted by molar-refractivity contribution is 0.102. The molecule has 0 aliphatic heterocycles. The van der Waals surface area contributed by atoms with Crippen molar-refractivity contribution in [3.63, 3.8) is 0 Å². The number of hydrogen-bond donors (Lipinski definition) is 1. The smallest absolute Gasteiger partial charge is 0.255 e. The summed E-state index contributed by atoms with van der Waals surface area (Å²) in [6.07, 6.45) is 3.98. The Balaban J connectivity index is 1.76. The summed E-state index contributed by atoms with van der Waals surface area (Å²) in [5.41, 5.74) is 3.30. The molecule has 0 heterocycles. The van der Waals surface area contributed by atoms with Crippen molar-refractivity contribution in [2.24, 2.45) is 0 Å². The van der Waals surface area contributed by atoms with Crippen LogP contribution in [0, 0.1) is 0 Å². The van der Waals surface area contributed by atoms with E-state index in [1.54, 1.807) is 38.5 Å². The van der Waals surface area contributed by atoms with Crippen LogP contribution in [0.25, 0.3) is 12.2 Å². The van der Waals surface area contributed by atoms with Crippen molar-refractivity contribution in [1.29, 1.82) is 0 Å². The third-order valence-electron chi connectivity index (χ3n) is 4.13. The first kappa shape index (κ1) is 18.3. The normalized spacial score (nSPS) is 10.6. The van der Waals surface area contributed by atoms with Crippen LogP contribution in [0.4, 0.5) is 5.69 Å². The number of ether oxygens (including phenoxy) is 2. The second-order valence-corrected chi connectivity index (χ2v) is 5.88. The van der Waals surface area contributed by atoms with Crippen LogP contribution in [0.5, 0.6) is 11.5 Å². The molecule has 1 amide bonds. The highest BCUT2D eigenvalue weighted by Crippen LogP contribution is 2.21. The maximum Gasteiger partial charge on any atom is 0.255 e. The van der Waals surface area contributed by atoms with Crippen molar-refractivity contribution >= 4 is 23.7 Å². The Kier molecular flexibility index (Phi) is 5.90. The van der Waals surface area contributed by atoms with E-state index >= 15 is 0 Å². The molecule has 0 saturated heterocycles. The lowest BCUT2D eigenvalue weighted by Gasteiger charge is -2.09. The van der Waals surface area contributed by atoms with Gasteiger partial charge in [0.25, 0.3) is 5.91 Å². The summed E-state index contributed by atoms with van der Waals surface area (Å²) in [4.78, 5) is 12.5. The molecule has 0 aromatic heterocycles. The van der Waals surface area contributed by atoms with Gasteiger partial charge in [0.2, 0.25) is 0 Å². The molecule has 0 atom stereocenters. The van der Waals surface area contributed by atoms with Crippen molar-refractivity contribution in [2.75, 3.05) is 19.5 Å². The Morgan fingerprint density at radius 2 is 1.37 bits per heavy atom. The van der Waals surface area contributed by atoms with E-state index in [9.17, 15) is 4.79 Å². The zero-order valence-corrected chi connectivity index (χ0v) is 15.3. The van der Waals surface area contributed by atoms with Gasteiger partial charge in [-0.3, -0.25) is 4.79 Å². The molecule has 0 radical (unpaired) electrons. The second kappa shape index (κ2) is 8.72. The van der Waals surface area contributed by atoms with Gasteiger partial charge in [0.15, 0.2) is 0 Å². The molecule has 3 aromatic carbocycles. The van der Waals surface area contributed by atoms with Crippen molar-refractivity contribution < 1.29 is 14.3 Å². The van der Waals surface area contributed by atoms with E-state index in [1.807, 2.05) is 60.7 Å². The number of nitrogens with one attached hydrogen (secondary N) is 1. The van der Waals surface area contributed by atoms with Gasteiger partial charge in [-0.1, -0.05) is 42.5 Å². The zero-order valence-electron chi connectivity index (χ0n) is 15.3. The summed E-state index contributed by atoms with van der Waals surface area (Å²) >= 11 is 0. The lowest BCUT2D eigenvalue weighted by Crippen LogP contribution is -2.12. The third kappa shape index (κ3) is 4.76. The molecular formula is C23H21NO3. The SMILES string of the molecule is COc1ccc(C=Cc2ccccc2NC(=O)c2ccc(OC)cc2)cc1. The minimum atomic E-state index is -0.164. The third-order valence-corrected chi connectivity index (χ3v) is 4.13. The van der Waals surface area contributed by atoms with Gasteiger partial charge >= 0.3 is 0 Å². The van der Waals surface area contributed by atoms with Crippen molar-refractivity contribution in [3.8, 4) is 11.5 Å². The molecular weight excluding hydrogens is 338 g/mol. The van der Waals surface area contributed by atoms with Crippen LogP contribution in [-0.2, 0) is 0 Å². The summed E-state index contributed by atoms with van der Waals surface area (Å²) in [6.45, 7) is 0. The number of amides is 1. The highest BCUT2D eigenvalue weighted by atomic mass is 16.5. The first-order valence-electron chi connectivity index (χ1n) is 8.56. The molecule has 3 rings (SSSR count). The van der Waals surface area contributed by atoms with Gasteiger partial charge in [0.1, 0.15) is 11.5 Å². The molecule has 0 spiro atoms. The van der Waals surface area contributed by atoms with Gasteiger partial charge in [-0.2, -0.15) is 0 Å². The van der Waals surface area contributed by atoms with Crippen LogP contribution >= 0.6 is 0 Å². The topological polar surface area (TPSA) is 47.6 Å². The number of benzene rings is 3. The largest absolute Gasteiger partial charge is 0.497 e. The van der Waals surface area contributed by atoms with E-state index in [1.165, 1.54) is 0 Å². The van der Waals surface area contributed by atoms with Crippen LogP contribution in [-0.4, -0.2) is 20.1 Å². The van der Waals surface area contributed by atoms with Crippen molar-refractivity contribution in [1.82, 2.24) is 0 Å². The van der Waals surface area contributed by atoms with Gasteiger partial charge < -0.3 is 14.8 Å². The van der Waals surface area contributed by atoms with E-state index in [2.05, 4.69) is 5.32 Å². The van der Waals surface area contributed by atoms with Gasteiger partial charge in [-0.25, -0.2) is 0 Å². The Labute approximate surface area is 159 Å². The molecule has 136 valence electrons. The number of methoxy groups -OCH3 is 2. The number of hydrogen-bond acceptors (Lipinski definition) is 3. The molecule has 0 saturated carbocycles. The summed E-state index contributed by atoms with van der Waals surface area (Å²) in [7, 11) is 3.24. The van der Waals surface area contributed by atoms with Crippen LogP contribution in [0.3, 0.4) is 0 Å². The highest BCUT2D eigenvalue weighted by molar-refractivity contribution is 6.05. The Bertz CT molecular complexity index is 929. The first-order valence-corrected chi connectivity index (χ1v) is 8.56. The number of para-hydroxylation sites is 1. The average Bonchev–Trinajstić information content (AvgIpc) is 2.73. The molecule has 4 nitrogen and oxygen atoms in total. The van der Waals surface area contributed by atoms with E-state index in [-0.39, 0.29) is 5.91 Å². The molecule has 4 heteroatoms. The average molecular weight is 359 g/mol. The first-order chi connectivity index (χ1) is 13.2. The summed E-state index contributed by atoms with van der Waals surface area (Å²) in [5.74, 6) is 1.37. The number of rotatable bonds is 6. The van der Waals surface area contributed by atoms with Gasteiger partial charge in [-0.15, -0.1) is 0 Å². The molecule has 0 aliphatic carbocycles. The van der Waals surface area contributed by atoms with Gasteiger partial charge in [0, 0.05) is 11.3 Å². The molecule has 3 aromatic rings. The predicted molar refractivity (Wildman–Crippen MR) is 109 cm³/mol. The predicted octanol–water partition coefficient (Wildman–Crippen LogP) is 5.13. The van der Waals surface area contributed by atoms with Crippen LogP contribution in [0.1, 0.15) is 21.5 Å². The number of carbonyl (C=O) groups excluding carboxylic acids is 1. The van der Waals surface area contributed by atoms with E-state index in [0.29, 0.717) is 5.56 Å². The van der Waals surface area contributed by atoms with E-state index in [0.717, 1.165) is 28.3 Å². The molecule has 0 unspecified atom stereocenters. The van der Waals surface area contributed by atoms with Crippen LogP contribution < -0.4 is 14.8 Å². The molecule has 0 fully saturated rings. The quantitative estimate of drug-likeness (QED) is 0.621. The molecule has 1 N–H and O–H groups in total. The minimum absolute atomic E-state index is 0.164. The van der Waals surface area contributed by atoms with Gasteiger partial charge in [-0.05, 0) is 53.6 Å². The number of anilines is 1. The van der Waals surface area contributed by atoms with Crippen molar-refractivity contribution in [3.05, 3.63) is 89.5 Å². The summed E-state index contributed by atoms with van der Waals surface area (Å²) < 4.78 is 10.3. The fraction of sp³-hybridized carbons (Fsp3) is 0.0870. The van der Waals surface area contributed by atoms with Gasteiger partial charge in [0.05, 0.1) is 14.2 Å². The molecule has 0 aliphatic rings. The highest BCUT2D eigenvalue weighted by Gasteiger charge is 2.08. The standard InChI is InChI=1S/C23H21NO3/c1-26-20-13-8-17(9-14-20)7-10-18-5-3-4-6-22(18)24-23(25)19-11-15-21(27-2)16-12-19/h3-16H,1-2H3,(H,24,25). The summed E-state index contributed by atoms with van der Waals surface area (Å²) in [6, 6.07) is 22.5. The Morgan fingerprint density at radius 1 is 0.778 bits per heavy atom. The fourth-order valence-electron chi connectivity index (χ4n) is 2.59. The molecule has 27 heavy (non-hydrogen) atoms. The lowest BCUT2D eigenvalue weighted by atomic mass is 10.1. The van der Waals surface area contributed by atoms with E-state index < -0.39 is 0 Å². The Morgan fingerprint density at radius 3 is 2.00 bits per heavy atom. The maximum atomic E-state index is 12.5. The molecule has 0 bridgehead atoms. The monoisotopic (exact) mass is 359 g/mol. The van der Waals surface area contributed by atoms with Crippen LogP contribution in [0.15, 0.2) is 72.8 Å². The maximum absolute atomic E-state index is 12.5. The minimum Gasteiger partial charge on any atom is -0.497 e.